The van der Waals surface area contributed by atoms with Gasteiger partial charge in [0.2, 0.25) is 0 Å². The van der Waals surface area contributed by atoms with Gasteiger partial charge in [-0.15, -0.1) is 0 Å². The number of benzene rings is 1. The molecule has 0 saturated carbocycles. The minimum atomic E-state index is -0.431. The molecule has 0 spiro atoms. The molecule has 1 aliphatic heterocycles. The molecule has 5 N–H and O–H groups in total. The lowest BCUT2D eigenvalue weighted by Gasteiger charge is -2.19. The van der Waals surface area contributed by atoms with Crippen molar-refractivity contribution in [3.05, 3.63) is 34.9 Å². The topological polar surface area (TPSA) is 85.7 Å². The third kappa shape index (κ3) is 3.35. The zero-order valence-corrected chi connectivity index (χ0v) is 10.9. The number of halogens is 1. The van der Waals surface area contributed by atoms with Crippen LogP contribution < -0.4 is 16.8 Å². The summed E-state index contributed by atoms with van der Waals surface area (Å²) in [6.45, 7) is 1.97. The Balaban J connectivity index is 1.91. The number of nitrogens with two attached hydrogens (primary N) is 2. The highest BCUT2D eigenvalue weighted by atomic mass is 35.5. The molecule has 1 aromatic rings. The lowest BCUT2D eigenvalue weighted by atomic mass is 10.1. The van der Waals surface area contributed by atoms with Gasteiger partial charge >= 0.3 is 0 Å². The smallest absolute Gasteiger partial charge is 0.192 e. The van der Waals surface area contributed by atoms with Crippen LogP contribution in [0.25, 0.3) is 0 Å². The van der Waals surface area contributed by atoms with E-state index in [1.165, 1.54) is 0 Å². The van der Waals surface area contributed by atoms with E-state index in [-0.39, 0.29) is 12.3 Å². The van der Waals surface area contributed by atoms with Gasteiger partial charge in [0.1, 0.15) is 6.17 Å². The summed E-state index contributed by atoms with van der Waals surface area (Å²) in [5.74, 6) is 0.322. The molecule has 3 unspecified atom stereocenters. The second kappa shape index (κ2) is 5.56. The van der Waals surface area contributed by atoms with Gasteiger partial charge in [-0.05, 0) is 31.0 Å². The van der Waals surface area contributed by atoms with Crippen molar-refractivity contribution in [3.8, 4) is 0 Å². The van der Waals surface area contributed by atoms with Crippen LogP contribution in [-0.4, -0.2) is 24.5 Å². The summed E-state index contributed by atoms with van der Waals surface area (Å²) in [4.78, 5) is 4.08. The number of rotatable bonds is 4. The number of nitrogens with zero attached hydrogens (tertiary/aromatic N) is 1. The highest BCUT2D eigenvalue weighted by Crippen LogP contribution is 2.15. The van der Waals surface area contributed by atoms with E-state index in [9.17, 15) is 0 Å². The standard InChI is InChI=1S/C12H17ClN4O/c1-7(5-8-3-2-4-9(13)6-8)18-11-10(14)16-12(15)17-11/h2-4,6-7,10-11H,5,14H2,1H3,(H3,15,16,17). The monoisotopic (exact) mass is 268 g/mol. The predicted molar refractivity (Wildman–Crippen MR) is 72.2 cm³/mol. The van der Waals surface area contributed by atoms with Crippen molar-refractivity contribution in [3.63, 3.8) is 0 Å². The largest absolute Gasteiger partial charge is 0.370 e. The fraction of sp³-hybridized carbons (Fsp3) is 0.417. The van der Waals surface area contributed by atoms with E-state index >= 15 is 0 Å². The normalized spacial score (nSPS) is 24.5. The molecule has 3 atom stereocenters. The van der Waals surface area contributed by atoms with Crippen molar-refractivity contribution >= 4 is 17.6 Å². The Bertz CT molecular complexity index is 451. The van der Waals surface area contributed by atoms with Crippen LogP contribution in [0.15, 0.2) is 29.3 Å². The van der Waals surface area contributed by atoms with Crippen LogP contribution in [0.5, 0.6) is 0 Å². The van der Waals surface area contributed by atoms with Gasteiger partial charge in [0.05, 0.1) is 6.10 Å². The molecule has 0 bridgehead atoms. The van der Waals surface area contributed by atoms with E-state index in [1.54, 1.807) is 0 Å². The Morgan fingerprint density at radius 2 is 2.33 bits per heavy atom. The van der Waals surface area contributed by atoms with E-state index in [0.717, 1.165) is 17.0 Å². The lowest BCUT2D eigenvalue weighted by Crippen LogP contribution is -2.46. The highest BCUT2D eigenvalue weighted by Gasteiger charge is 2.26. The van der Waals surface area contributed by atoms with E-state index in [0.29, 0.717) is 5.96 Å². The van der Waals surface area contributed by atoms with Gasteiger partial charge in [0, 0.05) is 5.02 Å². The van der Waals surface area contributed by atoms with Crippen LogP contribution >= 0.6 is 11.6 Å². The first-order valence-electron chi connectivity index (χ1n) is 5.80. The second-order valence-corrected chi connectivity index (χ2v) is 4.79. The maximum absolute atomic E-state index is 5.93. The van der Waals surface area contributed by atoms with Crippen LogP contribution in [-0.2, 0) is 11.2 Å². The third-order valence-corrected chi connectivity index (χ3v) is 2.91. The van der Waals surface area contributed by atoms with Gasteiger partial charge in [-0.25, -0.2) is 4.99 Å². The maximum Gasteiger partial charge on any atom is 0.192 e. The number of ether oxygens (including phenoxy) is 1. The predicted octanol–water partition coefficient (Wildman–Crippen LogP) is 0.816. The first-order chi connectivity index (χ1) is 8.54. The van der Waals surface area contributed by atoms with Crippen molar-refractivity contribution in [1.29, 1.82) is 0 Å². The van der Waals surface area contributed by atoms with E-state index in [1.807, 2.05) is 31.2 Å². The van der Waals surface area contributed by atoms with Crippen LogP contribution in [0.2, 0.25) is 5.02 Å². The van der Waals surface area contributed by atoms with Crippen molar-refractivity contribution in [2.24, 2.45) is 16.5 Å². The van der Waals surface area contributed by atoms with Gasteiger partial charge in [-0.1, -0.05) is 23.7 Å². The van der Waals surface area contributed by atoms with Gasteiger partial charge in [-0.3, -0.25) is 0 Å². The third-order valence-electron chi connectivity index (χ3n) is 2.67. The molecule has 18 heavy (non-hydrogen) atoms. The summed E-state index contributed by atoms with van der Waals surface area (Å²) in [6.07, 6.45) is -0.0823. The first kappa shape index (κ1) is 13.1. The van der Waals surface area contributed by atoms with Crippen LogP contribution in [0.4, 0.5) is 0 Å². The van der Waals surface area contributed by atoms with Crippen molar-refractivity contribution in [2.75, 3.05) is 0 Å². The summed E-state index contributed by atoms with van der Waals surface area (Å²) < 4.78 is 5.74. The summed E-state index contributed by atoms with van der Waals surface area (Å²) in [7, 11) is 0. The average Bonchev–Trinajstić information content (AvgIpc) is 2.57. The Morgan fingerprint density at radius 3 is 2.94 bits per heavy atom. The number of hydrogen-bond donors (Lipinski definition) is 3. The minimum Gasteiger partial charge on any atom is -0.370 e. The molecule has 5 nitrogen and oxygen atoms in total. The Kier molecular flexibility index (Phi) is 4.06. The molecule has 6 heteroatoms. The second-order valence-electron chi connectivity index (χ2n) is 4.36. The van der Waals surface area contributed by atoms with E-state index < -0.39 is 6.23 Å². The summed E-state index contributed by atoms with van der Waals surface area (Å²) >= 11 is 5.93. The highest BCUT2D eigenvalue weighted by molar-refractivity contribution is 6.30. The van der Waals surface area contributed by atoms with Crippen LogP contribution in [0.1, 0.15) is 12.5 Å². The quantitative estimate of drug-likeness (QED) is 0.755. The number of aliphatic imine (C=N–C) groups is 1. The SMILES string of the molecule is CC(Cc1cccc(Cl)c1)OC1N=C(N)NC1N. The Labute approximate surface area is 111 Å². The molecule has 0 radical (unpaired) electrons. The molecular formula is C12H17ClN4O. The first-order valence-corrected chi connectivity index (χ1v) is 6.17. The van der Waals surface area contributed by atoms with Gasteiger partial charge in [0.25, 0.3) is 0 Å². The van der Waals surface area contributed by atoms with Gasteiger partial charge in [0.15, 0.2) is 12.2 Å². The molecule has 1 heterocycles. The zero-order valence-electron chi connectivity index (χ0n) is 10.1. The summed E-state index contributed by atoms with van der Waals surface area (Å²) in [6, 6.07) is 7.70. The zero-order chi connectivity index (χ0) is 13.1. The Morgan fingerprint density at radius 1 is 1.56 bits per heavy atom. The van der Waals surface area contributed by atoms with Gasteiger partial charge < -0.3 is 21.5 Å². The molecule has 0 fully saturated rings. The Hall–Kier alpha value is -1.30. The molecule has 0 aliphatic carbocycles. The van der Waals surface area contributed by atoms with E-state index in [2.05, 4.69) is 10.3 Å². The number of hydrogen-bond acceptors (Lipinski definition) is 5. The van der Waals surface area contributed by atoms with Crippen molar-refractivity contribution in [2.45, 2.75) is 31.8 Å². The summed E-state index contributed by atoms with van der Waals surface area (Å²) in [5.41, 5.74) is 12.4. The lowest BCUT2D eigenvalue weighted by molar-refractivity contribution is -0.00653. The van der Waals surface area contributed by atoms with Crippen LogP contribution in [0.3, 0.4) is 0 Å². The molecule has 0 amide bonds. The number of guanidine groups is 1. The fourth-order valence-corrected chi connectivity index (χ4v) is 2.11. The molecule has 2 rings (SSSR count). The molecular weight excluding hydrogens is 252 g/mol. The van der Waals surface area contributed by atoms with Crippen LogP contribution in [0, 0.1) is 0 Å². The van der Waals surface area contributed by atoms with E-state index in [4.69, 9.17) is 27.8 Å². The van der Waals surface area contributed by atoms with Crippen molar-refractivity contribution in [1.82, 2.24) is 5.32 Å². The minimum absolute atomic E-state index is 0.0176. The maximum atomic E-state index is 5.93. The number of nitrogens with one attached hydrogen (secondary N) is 1. The van der Waals surface area contributed by atoms with Gasteiger partial charge in [-0.2, -0.15) is 0 Å². The fourth-order valence-electron chi connectivity index (χ4n) is 1.89. The average molecular weight is 269 g/mol. The molecule has 1 aliphatic rings. The molecule has 0 saturated heterocycles. The summed E-state index contributed by atoms with van der Waals surface area (Å²) in [5, 5.41) is 3.53. The molecule has 1 aromatic carbocycles. The van der Waals surface area contributed by atoms with Crippen molar-refractivity contribution < 1.29 is 4.74 Å². The molecule has 0 aromatic heterocycles. The molecule has 98 valence electrons.